The molecule has 0 saturated heterocycles. The predicted molar refractivity (Wildman–Crippen MR) is 68.4 cm³/mol. The van der Waals surface area contributed by atoms with E-state index in [0.29, 0.717) is 23.0 Å². The van der Waals surface area contributed by atoms with E-state index in [2.05, 4.69) is 15.3 Å². The van der Waals surface area contributed by atoms with E-state index >= 15 is 0 Å². The molecule has 0 unspecified atom stereocenters. The van der Waals surface area contributed by atoms with E-state index in [1.165, 1.54) is 6.20 Å². The zero-order chi connectivity index (χ0) is 13.0. The first-order chi connectivity index (χ1) is 8.74. The maximum absolute atomic E-state index is 10.9. The number of nitrogens with one attached hydrogen (secondary N) is 1. The molecule has 1 N–H and O–H groups in total. The number of carbonyl (C=O) groups excluding carboxylic acids is 1. The van der Waals surface area contributed by atoms with E-state index in [1.807, 2.05) is 24.3 Å². The van der Waals surface area contributed by atoms with E-state index < -0.39 is 0 Å². The summed E-state index contributed by atoms with van der Waals surface area (Å²) >= 11 is 0. The summed E-state index contributed by atoms with van der Waals surface area (Å²) in [5, 5.41) is 3.08. The molecule has 0 saturated carbocycles. The molecule has 18 heavy (non-hydrogen) atoms. The number of hydrogen-bond acceptors (Lipinski definition) is 5. The Morgan fingerprint density at radius 3 is 2.83 bits per heavy atom. The van der Waals surface area contributed by atoms with E-state index in [4.69, 9.17) is 4.74 Å². The molecule has 0 bridgehead atoms. The normalized spacial score (nSPS) is 9.89. The maximum Gasteiger partial charge on any atom is 0.155 e. The van der Waals surface area contributed by atoms with Gasteiger partial charge in [-0.3, -0.25) is 4.79 Å². The highest BCUT2D eigenvalue weighted by atomic mass is 16.5. The number of carbonyl (C=O) groups is 1. The summed E-state index contributed by atoms with van der Waals surface area (Å²) in [6.45, 7) is 1.77. The molecule has 5 heteroatoms. The van der Waals surface area contributed by atoms with Crippen LogP contribution in [0.3, 0.4) is 0 Å². The van der Waals surface area contributed by atoms with Gasteiger partial charge in [-0.2, -0.15) is 0 Å². The number of benzene rings is 1. The van der Waals surface area contributed by atoms with Crippen LogP contribution in [-0.4, -0.2) is 23.4 Å². The zero-order valence-corrected chi connectivity index (χ0v) is 10.2. The Balaban J connectivity index is 2.39. The third-order valence-electron chi connectivity index (χ3n) is 2.42. The van der Waals surface area contributed by atoms with Gasteiger partial charge in [-0.15, -0.1) is 0 Å². The lowest BCUT2D eigenvalue weighted by molar-refractivity contribution is 0.112. The second-order valence-corrected chi connectivity index (χ2v) is 3.66. The summed E-state index contributed by atoms with van der Waals surface area (Å²) in [4.78, 5) is 19.1. The largest absolute Gasteiger partial charge is 0.495 e. The van der Waals surface area contributed by atoms with Crippen LogP contribution in [-0.2, 0) is 0 Å². The van der Waals surface area contributed by atoms with Gasteiger partial charge in [-0.1, -0.05) is 12.1 Å². The number of anilines is 2. The first-order valence-electron chi connectivity index (χ1n) is 5.43. The van der Waals surface area contributed by atoms with Crippen LogP contribution in [0.2, 0.25) is 0 Å². The SMILES string of the molecule is COc1ccccc1Nc1nc(C)ncc1C=O. The average molecular weight is 243 g/mol. The molecule has 0 atom stereocenters. The molecule has 1 aromatic heterocycles. The Morgan fingerprint density at radius 1 is 1.33 bits per heavy atom. The van der Waals surface area contributed by atoms with E-state index in [-0.39, 0.29) is 0 Å². The number of nitrogens with zero attached hydrogens (tertiary/aromatic N) is 2. The van der Waals surface area contributed by atoms with Gasteiger partial charge in [0.1, 0.15) is 17.4 Å². The summed E-state index contributed by atoms with van der Waals surface area (Å²) in [7, 11) is 1.59. The predicted octanol–water partition coefficient (Wildman–Crippen LogP) is 2.35. The van der Waals surface area contributed by atoms with Crippen molar-refractivity contribution in [2.24, 2.45) is 0 Å². The van der Waals surface area contributed by atoms with Crippen molar-refractivity contribution in [3.63, 3.8) is 0 Å². The summed E-state index contributed by atoms with van der Waals surface area (Å²) in [6, 6.07) is 7.43. The molecule has 0 fully saturated rings. The van der Waals surface area contributed by atoms with Gasteiger partial charge in [0.15, 0.2) is 6.29 Å². The highest BCUT2D eigenvalue weighted by Gasteiger charge is 2.08. The first kappa shape index (κ1) is 12.0. The van der Waals surface area contributed by atoms with Gasteiger partial charge in [0.2, 0.25) is 0 Å². The molecule has 92 valence electrons. The molecule has 5 nitrogen and oxygen atoms in total. The topological polar surface area (TPSA) is 64.1 Å². The third kappa shape index (κ3) is 2.45. The molecule has 0 radical (unpaired) electrons. The molecule has 1 aromatic carbocycles. The number of aryl methyl sites for hydroxylation is 1. The minimum Gasteiger partial charge on any atom is -0.495 e. The van der Waals surface area contributed by atoms with Crippen molar-refractivity contribution in [3.05, 3.63) is 41.9 Å². The Kier molecular flexibility index (Phi) is 3.52. The number of aldehydes is 1. The third-order valence-corrected chi connectivity index (χ3v) is 2.42. The molecular formula is C13H13N3O2. The number of methoxy groups -OCH3 is 1. The van der Waals surface area contributed by atoms with Gasteiger partial charge >= 0.3 is 0 Å². The van der Waals surface area contributed by atoms with Crippen LogP contribution >= 0.6 is 0 Å². The van der Waals surface area contributed by atoms with Crippen LogP contribution in [0.4, 0.5) is 11.5 Å². The molecule has 0 spiro atoms. The number of ether oxygens (including phenoxy) is 1. The molecule has 0 aliphatic heterocycles. The number of aromatic nitrogens is 2. The van der Waals surface area contributed by atoms with Gasteiger partial charge in [0, 0.05) is 6.20 Å². The molecule has 0 aliphatic rings. The smallest absolute Gasteiger partial charge is 0.155 e. The van der Waals surface area contributed by atoms with Crippen LogP contribution in [0, 0.1) is 6.92 Å². The van der Waals surface area contributed by atoms with Gasteiger partial charge in [0.05, 0.1) is 18.4 Å². The van der Waals surface area contributed by atoms with Crippen LogP contribution in [0.25, 0.3) is 0 Å². The fourth-order valence-electron chi connectivity index (χ4n) is 1.54. The lowest BCUT2D eigenvalue weighted by atomic mass is 10.2. The Bertz CT molecular complexity index is 570. The van der Waals surface area contributed by atoms with Crippen molar-refractivity contribution >= 4 is 17.8 Å². The van der Waals surface area contributed by atoms with Gasteiger partial charge < -0.3 is 10.1 Å². The molecular weight excluding hydrogens is 230 g/mol. The fraction of sp³-hybridized carbons (Fsp3) is 0.154. The minimum atomic E-state index is 0.409. The highest BCUT2D eigenvalue weighted by Crippen LogP contribution is 2.27. The van der Waals surface area contributed by atoms with Crippen molar-refractivity contribution in [1.82, 2.24) is 9.97 Å². The second kappa shape index (κ2) is 5.27. The maximum atomic E-state index is 10.9. The van der Waals surface area contributed by atoms with E-state index in [9.17, 15) is 4.79 Å². The van der Waals surface area contributed by atoms with E-state index in [0.717, 1.165) is 12.0 Å². The number of rotatable bonds is 4. The zero-order valence-electron chi connectivity index (χ0n) is 10.2. The summed E-state index contributed by atoms with van der Waals surface area (Å²) in [6.07, 6.45) is 2.21. The summed E-state index contributed by atoms with van der Waals surface area (Å²) < 4.78 is 5.23. The van der Waals surface area contributed by atoms with E-state index in [1.54, 1.807) is 14.0 Å². The van der Waals surface area contributed by atoms with Crippen molar-refractivity contribution in [2.45, 2.75) is 6.92 Å². The number of hydrogen-bond donors (Lipinski definition) is 1. The van der Waals surface area contributed by atoms with Crippen LogP contribution in [0.1, 0.15) is 16.2 Å². The lowest BCUT2D eigenvalue weighted by Crippen LogP contribution is -2.02. The van der Waals surface area contributed by atoms with Crippen molar-refractivity contribution < 1.29 is 9.53 Å². The molecule has 2 aromatic rings. The van der Waals surface area contributed by atoms with Crippen molar-refractivity contribution in [2.75, 3.05) is 12.4 Å². The minimum absolute atomic E-state index is 0.409. The van der Waals surface area contributed by atoms with Gasteiger partial charge in [-0.25, -0.2) is 9.97 Å². The first-order valence-corrected chi connectivity index (χ1v) is 5.43. The quantitative estimate of drug-likeness (QED) is 0.835. The highest BCUT2D eigenvalue weighted by molar-refractivity contribution is 5.84. The molecule has 1 heterocycles. The average Bonchev–Trinajstić information content (AvgIpc) is 2.40. The standard InChI is InChI=1S/C13H13N3O2/c1-9-14-7-10(8-17)13(15-9)16-11-5-3-4-6-12(11)18-2/h3-8H,1-2H3,(H,14,15,16). The van der Waals surface area contributed by atoms with Crippen molar-refractivity contribution in [3.8, 4) is 5.75 Å². The van der Waals surface area contributed by atoms with Gasteiger partial charge in [-0.05, 0) is 19.1 Å². The Hall–Kier alpha value is -2.43. The van der Waals surface area contributed by atoms with Crippen molar-refractivity contribution in [1.29, 1.82) is 0 Å². The summed E-state index contributed by atoms with van der Waals surface area (Å²) in [5.74, 6) is 1.76. The molecule has 0 aliphatic carbocycles. The monoisotopic (exact) mass is 243 g/mol. The summed E-state index contributed by atoms with van der Waals surface area (Å²) in [5.41, 5.74) is 1.16. The molecule has 2 rings (SSSR count). The van der Waals surface area contributed by atoms with Crippen LogP contribution in [0.15, 0.2) is 30.5 Å². The van der Waals surface area contributed by atoms with Gasteiger partial charge in [0.25, 0.3) is 0 Å². The molecule has 0 amide bonds. The fourth-order valence-corrected chi connectivity index (χ4v) is 1.54. The Labute approximate surface area is 105 Å². The Morgan fingerprint density at radius 2 is 2.11 bits per heavy atom. The second-order valence-electron chi connectivity index (χ2n) is 3.66. The van der Waals surface area contributed by atoms with Crippen LogP contribution in [0.5, 0.6) is 5.75 Å². The number of para-hydroxylation sites is 2. The lowest BCUT2D eigenvalue weighted by Gasteiger charge is -2.11. The van der Waals surface area contributed by atoms with Crippen LogP contribution < -0.4 is 10.1 Å².